The first-order valence-corrected chi connectivity index (χ1v) is 9.83. The van der Waals surface area contributed by atoms with Crippen molar-refractivity contribution in [2.45, 2.75) is 25.3 Å². The summed E-state index contributed by atoms with van der Waals surface area (Å²) in [6.45, 7) is 0.112. The number of benzene rings is 2. The fraction of sp³-hybridized carbons (Fsp3) is 0.304. The second-order valence-corrected chi connectivity index (χ2v) is 7.26. The maximum absolute atomic E-state index is 14.1. The third-order valence-electron chi connectivity index (χ3n) is 4.86. The van der Waals surface area contributed by atoms with Gasteiger partial charge in [0.25, 0.3) is 0 Å². The van der Waals surface area contributed by atoms with Gasteiger partial charge in [0.05, 0.1) is 12.2 Å². The van der Waals surface area contributed by atoms with Crippen LogP contribution in [0.5, 0.6) is 0 Å². The molecule has 0 saturated carbocycles. The Labute approximate surface area is 174 Å². The highest BCUT2D eigenvalue weighted by Crippen LogP contribution is 2.24. The average Bonchev–Trinajstić information content (AvgIpc) is 3.19. The van der Waals surface area contributed by atoms with Crippen molar-refractivity contribution in [1.29, 1.82) is 0 Å². The number of hydrogen-bond donors (Lipinski definition) is 1. The molecule has 0 aliphatic heterocycles. The van der Waals surface area contributed by atoms with E-state index >= 15 is 0 Å². The van der Waals surface area contributed by atoms with E-state index in [2.05, 4.69) is 10.3 Å². The largest absolute Gasteiger partial charge is 0.441 e. The van der Waals surface area contributed by atoms with E-state index in [-0.39, 0.29) is 24.4 Å². The Morgan fingerprint density at radius 2 is 1.80 bits per heavy atom. The van der Waals surface area contributed by atoms with Gasteiger partial charge in [0.1, 0.15) is 11.6 Å². The molecular formula is C23H25F2N3O2. The Kier molecular flexibility index (Phi) is 7.30. The van der Waals surface area contributed by atoms with E-state index in [1.165, 1.54) is 18.2 Å². The summed E-state index contributed by atoms with van der Waals surface area (Å²) in [5.41, 5.74) is 0.903. The molecule has 2 aromatic carbocycles. The molecule has 0 aliphatic carbocycles. The first-order valence-electron chi connectivity index (χ1n) is 9.83. The van der Waals surface area contributed by atoms with Crippen molar-refractivity contribution in [3.63, 3.8) is 0 Å². The van der Waals surface area contributed by atoms with Crippen molar-refractivity contribution in [3.8, 4) is 11.3 Å². The lowest BCUT2D eigenvalue weighted by Gasteiger charge is -2.25. The zero-order valence-electron chi connectivity index (χ0n) is 17.1. The molecule has 1 unspecified atom stereocenters. The fourth-order valence-corrected chi connectivity index (χ4v) is 3.23. The number of hydrogen-bond acceptors (Lipinski definition) is 4. The van der Waals surface area contributed by atoms with Crippen LogP contribution in [0.15, 0.2) is 59.1 Å². The number of aryl methyl sites for hydroxylation is 1. The summed E-state index contributed by atoms with van der Waals surface area (Å²) >= 11 is 0. The van der Waals surface area contributed by atoms with Crippen molar-refractivity contribution in [1.82, 2.24) is 15.2 Å². The van der Waals surface area contributed by atoms with Gasteiger partial charge in [-0.3, -0.25) is 4.79 Å². The van der Waals surface area contributed by atoms with E-state index in [4.69, 9.17) is 4.42 Å². The maximum Gasteiger partial charge on any atom is 0.220 e. The second kappa shape index (κ2) is 10.1. The molecular weight excluding hydrogens is 388 g/mol. The molecule has 0 spiro atoms. The highest BCUT2D eigenvalue weighted by molar-refractivity contribution is 5.75. The van der Waals surface area contributed by atoms with Crippen molar-refractivity contribution in [3.05, 3.63) is 77.8 Å². The number of halogens is 2. The lowest BCUT2D eigenvalue weighted by atomic mass is 10.0. The molecule has 0 bridgehead atoms. The van der Waals surface area contributed by atoms with Gasteiger partial charge in [0, 0.05) is 30.5 Å². The van der Waals surface area contributed by atoms with Crippen molar-refractivity contribution < 1.29 is 18.0 Å². The molecule has 0 radical (unpaired) electrons. The predicted octanol–water partition coefficient (Wildman–Crippen LogP) is 4.36. The van der Waals surface area contributed by atoms with E-state index in [0.717, 1.165) is 5.56 Å². The molecule has 3 rings (SSSR count). The number of carbonyl (C=O) groups is 1. The van der Waals surface area contributed by atoms with Crippen LogP contribution in [0, 0.1) is 11.6 Å². The van der Waals surface area contributed by atoms with Gasteiger partial charge in [-0.1, -0.05) is 36.4 Å². The van der Waals surface area contributed by atoms with Gasteiger partial charge in [0.15, 0.2) is 11.7 Å². The average molecular weight is 413 g/mol. The van der Waals surface area contributed by atoms with Crippen molar-refractivity contribution in [2.75, 3.05) is 20.6 Å². The number of amides is 1. The number of nitrogens with one attached hydrogen (secondary N) is 1. The van der Waals surface area contributed by atoms with Crippen LogP contribution in [0.4, 0.5) is 8.78 Å². The van der Waals surface area contributed by atoms with E-state index in [1.807, 2.05) is 30.3 Å². The van der Waals surface area contributed by atoms with Crippen LogP contribution >= 0.6 is 0 Å². The lowest BCUT2D eigenvalue weighted by molar-refractivity contribution is -0.121. The number of oxazole rings is 1. The van der Waals surface area contributed by atoms with Gasteiger partial charge < -0.3 is 14.6 Å². The highest BCUT2D eigenvalue weighted by atomic mass is 19.1. The lowest BCUT2D eigenvalue weighted by Crippen LogP contribution is -2.35. The molecule has 158 valence electrons. The van der Waals surface area contributed by atoms with Gasteiger partial charge in [-0.15, -0.1) is 0 Å². The summed E-state index contributed by atoms with van der Waals surface area (Å²) in [4.78, 5) is 18.2. The zero-order chi connectivity index (χ0) is 21.5. The van der Waals surface area contributed by atoms with Crippen LogP contribution in [0.2, 0.25) is 0 Å². The molecule has 1 atom stereocenters. The van der Waals surface area contributed by atoms with Gasteiger partial charge >= 0.3 is 0 Å². The van der Waals surface area contributed by atoms with Crippen molar-refractivity contribution >= 4 is 5.91 Å². The Morgan fingerprint density at radius 3 is 2.47 bits per heavy atom. The molecule has 1 amide bonds. The first-order chi connectivity index (χ1) is 14.5. The number of likely N-dealkylation sites (N-methyl/N-ethyl adjacent to an activating group) is 1. The summed E-state index contributed by atoms with van der Waals surface area (Å²) in [6, 6.07) is 12.8. The summed E-state index contributed by atoms with van der Waals surface area (Å²) < 4.78 is 33.9. The molecule has 1 aromatic heterocycles. The van der Waals surface area contributed by atoms with Crippen LogP contribution in [-0.2, 0) is 11.2 Å². The Balaban J connectivity index is 1.49. The highest BCUT2D eigenvalue weighted by Gasteiger charge is 2.22. The third kappa shape index (κ3) is 5.51. The Hall–Kier alpha value is -3.06. The smallest absolute Gasteiger partial charge is 0.220 e. The normalized spacial score (nSPS) is 12.2. The van der Waals surface area contributed by atoms with Gasteiger partial charge in [0.2, 0.25) is 5.91 Å². The van der Waals surface area contributed by atoms with Crippen LogP contribution in [0.3, 0.4) is 0 Å². The molecule has 0 aliphatic rings. The standard InChI is InChI=1S/C23H25F2N3O2/c1-28(2)19(23-17(24)10-6-11-18(23)25)14-26-21(29)12-7-13-22-27-15-20(30-22)16-8-4-3-5-9-16/h3-6,8-11,15,19H,7,12-14H2,1-2H3,(H,26,29). The molecule has 7 heteroatoms. The van der Waals surface area contributed by atoms with Crippen LogP contribution in [-0.4, -0.2) is 36.4 Å². The number of carbonyl (C=O) groups excluding carboxylic acids is 1. The Bertz CT molecular complexity index is 953. The van der Waals surface area contributed by atoms with Gasteiger partial charge in [-0.25, -0.2) is 13.8 Å². The number of nitrogens with zero attached hydrogens (tertiary/aromatic N) is 2. The van der Waals surface area contributed by atoms with Gasteiger partial charge in [-0.2, -0.15) is 0 Å². The maximum atomic E-state index is 14.1. The quantitative estimate of drug-likeness (QED) is 0.566. The number of aromatic nitrogens is 1. The topological polar surface area (TPSA) is 58.4 Å². The molecule has 5 nitrogen and oxygen atoms in total. The minimum absolute atomic E-state index is 0.0453. The molecule has 30 heavy (non-hydrogen) atoms. The van der Waals surface area contributed by atoms with Crippen LogP contribution in [0.1, 0.15) is 30.3 Å². The minimum atomic E-state index is -0.624. The van der Waals surface area contributed by atoms with E-state index in [0.29, 0.717) is 24.5 Å². The van der Waals surface area contributed by atoms with E-state index in [1.54, 1.807) is 25.2 Å². The van der Waals surface area contributed by atoms with Gasteiger partial charge in [-0.05, 0) is 32.6 Å². The molecule has 0 saturated heterocycles. The SMILES string of the molecule is CN(C)C(CNC(=O)CCCc1ncc(-c2ccccc2)o1)c1c(F)cccc1F. The van der Waals surface area contributed by atoms with E-state index in [9.17, 15) is 13.6 Å². The first kappa shape index (κ1) is 21.6. The molecule has 3 aromatic rings. The summed E-state index contributed by atoms with van der Waals surface area (Å²) in [7, 11) is 3.44. The number of rotatable bonds is 9. The summed E-state index contributed by atoms with van der Waals surface area (Å²) in [5, 5.41) is 2.77. The Morgan fingerprint density at radius 1 is 1.10 bits per heavy atom. The summed E-state index contributed by atoms with van der Waals surface area (Å²) in [5.74, 6) is -0.174. The van der Waals surface area contributed by atoms with Crippen LogP contribution in [0.25, 0.3) is 11.3 Å². The van der Waals surface area contributed by atoms with Crippen LogP contribution < -0.4 is 5.32 Å². The summed E-state index contributed by atoms with van der Waals surface area (Å²) in [6.07, 6.45) is 3.03. The van der Waals surface area contributed by atoms with E-state index < -0.39 is 17.7 Å². The van der Waals surface area contributed by atoms with Crippen molar-refractivity contribution in [2.24, 2.45) is 0 Å². The third-order valence-corrected chi connectivity index (χ3v) is 4.86. The molecule has 1 heterocycles. The molecule has 1 N–H and O–H groups in total. The zero-order valence-corrected chi connectivity index (χ0v) is 17.1. The fourth-order valence-electron chi connectivity index (χ4n) is 3.23. The molecule has 0 fully saturated rings. The monoisotopic (exact) mass is 413 g/mol. The minimum Gasteiger partial charge on any atom is -0.441 e. The second-order valence-electron chi connectivity index (χ2n) is 7.26. The predicted molar refractivity (Wildman–Crippen MR) is 111 cm³/mol.